The number of ether oxygens (including phenoxy) is 3. The predicted molar refractivity (Wildman–Crippen MR) is 72.4 cm³/mol. The molecule has 0 radical (unpaired) electrons. The summed E-state index contributed by atoms with van der Waals surface area (Å²) < 4.78 is 41.1. The van der Waals surface area contributed by atoms with Crippen molar-refractivity contribution in [3.05, 3.63) is 23.8 Å². The van der Waals surface area contributed by atoms with Gasteiger partial charge in [0.15, 0.2) is 17.4 Å². The van der Waals surface area contributed by atoms with E-state index in [0.29, 0.717) is 19.6 Å². The van der Waals surface area contributed by atoms with Gasteiger partial charge >= 0.3 is 6.03 Å². The molecule has 2 N–H and O–H groups in total. The third-order valence-corrected chi connectivity index (χ3v) is 2.41. The van der Waals surface area contributed by atoms with Crippen LogP contribution in [0.1, 0.15) is 6.42 Å². The number of nitrogens with one attached hydrogen (secondary N) is 2. The van der Waals surface area contributed by atoms with Crippen molar-refractivity contribution in [3.8, 4) is 5.75 Å². The molecule has 2 amide bonds. The van der Waals surface area contributed by atoms with Gasteiger partial charge in [-0.15, -0.1) is 0 Å². The topological polar surface area (TPSA) is 68.8 Å². The maximum Gasteiger partial charge on any atom is 0.319 e. The molecule has 1 aromatic carbocycles. The van der Waals surface area contributed by atoms with Crippen molar-refractivity contribution in [1.82, 2.24) is 5.32 Å². The fourth-order valence-corrected chi connectivity index (χ4v) is 1.52. The molecule has 0 spiro atoms. The summed E-state index contributed by atoms with van der Waals surface area (Å²) in [5.41, 5.74) is -0.000988. The van der Waals surface area contributed by atoms with Crippen LogP contribution in [0.5, 0.6) is 5.75 Å². The summed E-state index contributed by atoms with van der Waals surface area (Å²) in [6, 6.07) is 1.39. The van der Waals surface area contributed by atoms with Gasteiger partial charge in [0.1, 0.15) is 6.79 Å². The van der Waals surface area contributed by atoms with Gasteiger partial charge in [0.2, 0.25) is 0 Å². The highest BCUT2D eigenvalue weighted by molar-refractivity contribution is 5.89. The van der Waals surface area contributed by atoms with Gasteiger partial charge in [0.05, 0.1) is 13.7 Å². The summed E-state index contributed by atoms with van der Waals surface area (Å²) in [7, 11) is 2.67. The minimum atomic E-state index is -0.888. The minimum Gasteiger partial charge on any atom is -0.491 e. The molecule has 0 saturated carbocycles. The SMILES string of the molecule is COCOCCCNC(=O)Nc1cc(F)c(OC)c(F)c1. The summed E-state index contributed by atoms with van der Waals surface area (Å²) >= 11 is 0. The smallest absolute Gasteiger partial charge is 0.319 e. The van der Waals surface area contributed by atoms with Gasteiger partial charge in [-0.25, -0.2) is 13.6 Å². The molecule has 21 heavy (non-hydrogen) atoms. The Morgan fingerprint density at radius 3 is 2.48 bits per heavy atom. The van der Waals surface area contributed by atoms with E-state index < -0.39 is 23.4 Å². The van der Waals surface area contributed by atoms with Crippen molar-refractivity contribution in [2.75, 3.05) is 39.5 Å². The minimum absolute atomic E-state index is 0.000988. The maximum atomic E-state index is 13.4. The second-order valence-electron chi connectivity index (χ2n) is 4.02. The molecule has 1 rings (SSSR count). The van der Waals surface area contributed by atoms with Crippen LogP contribution in [0.3, 0.4) is 0 Å². The van der Waals surface area contributed by atoms with E-state index in [9.17, 15) is 13.6 Å². The van der Waals surface area contributed by atoms with Crippen molar-refractivity contribution in [2.45, 2.75) is 6.42 Å². The molecule has 1 aromatic rings. The number of benzene rings is 1. The number of carbonyl (C=O) groups excluding carboxylic acids is 1. The number of methoxy groups -OCH3 is 2. The second-order valence-corrected chi connectivity index (χ2v) is 4.02. The van der Waals surface area contributed by atoms with E-state index in [1.54, 1.807) is 0 Å². The fourth-order valence-electron chi connectivity index (χ4n) is 1.52. The van der Waals surface area contributed by atoms with Crippen LogP contribution in [0.25, 0.3) is 0 Å². The lowest BCUT2D eigenvalue weighted by Gasteiger charge is -2.10. The molecule has 0 unspecified atom stereocenters. The Hall–Kier alpha value is -1.93. The lowest BCUT2D eigenvalue weighted by Crippen LogP contribution is -2.30. The van der Waals surface area contributed by atoms with Crippen LogP contribution in [0.4, 0.5) is 19.3 Å². The number of halogens is 2. The highest BCUT2D eigenvalue weighted by Crippen LogP contribution is 2.25. The zero-order chi connectivity index (χ0) is 15.7. The van der Waals surface area contributed by atoms with Crippen LogP contribution < -0.4 is 15.4 Å². The Bertz CT molecular complexity index is 448. The lowest BCUT2D eigenvalue weighted by molar-refractivity contribution is -0.0307. The first-order chi connectivity index (χ1) is 10.1. The number of amides is 2. The maximum absolute atomic E-state index is 13.4. The molecule has 6 nitrogen and oxygen atoms in total. The van der Waals surface area contributed by atoms with Crippen molar-refractivity contribution >= 4 is 11.7 Å². The molecule has 0 fully saturated rings. The number of hydrogen-bond donors (Lipinski definition) is 2. The molecule has 0 heterocycles. The lowest BCUT2D eigenvalue weighted by atomic mass is 10.2. The van der Waals surface area contributed by atoms with Crippen molar-refractivity contribution in [3.63, 3.8) is 0 Å². The van der Waals surface area contributed by atoms with E-state index in [-0.39, 0.29) is 12.5 Å². The van der Waals surface area contributed by atoms with E-state index in [2.05, 4.69) is 20.1 Å². The third kappa shape index (κ3) is 5.92. The van der Waals surface area contributed by atoms with Crippen molar-refractivity contribution < 1.29 is 27.8 Å². The Labute approximate surface area is 121 Å². The average molecular weight is 304 g/mol. The standard InChI is InChI=1S/C13H18F2N2O4/c1-19-8-21-5-3-4-16-13(18)17-9-6-10(14)12(20-2)11(15)7-9/h6-7H,3-5,8H2,1-2H3,(H2,16,17,18). The Morgan fingerprint density at radius 1 is 1.24 bits per heavy atom. The second kappa shape index (κ2) is 9.09. The number of hydrogen-bond acceptors (Lipinski definition) is 4. The molecule has 0 atom stereocenters. The van der Waals surface area contributed by atoms with E-state index >= 15 is 0 Å². The van der Waals surface area contributed by atoms with Crippen molar-refractivity contribution in [2.24, 2.45) is 0 Å². The highest BCUT2D eigenvalue weighted by Gasteiger charge is 2.12. The summed E-state index contributed by atoms with van der Waals surface area (Å²) in [4.78, 5) is 11.5. The number of anilines is 1. The monoisotopic (exact) mass is 304 g/mol. The van der Waals surface area contributed by atoms with Gasteiger partial charge in [0, 0.05) is 31.5 Å². The van der Waals surface area contributed by atoms with Crippen LogP contribution in [-0.4, -0.2) is 40.2 Å². The van der Waals surface area contributed by atoms with Crippen molar-refractivity contribution in [1.29, 1.82) is 0 Å². The molecule has 0 aliphatic carbocycles. The summed E-state index contributed by atoms with van der Waals surface area (Å²) in [5.74, 6) is -2.27. The number of urea groups is 1. The van der Waals surface area contributed by atoms with E-state index in [0.717, 1.165) is 19.2 Å². The number of carbonyl (C=O) groups is 1. The summed E-state index contributed by atoms with van der Waals surface area (Å²) in [5, 5.41) is 4.85. The zero-order valence-corrected chi connectivity index (χ0v) is 11.9. The average Bonchev–Trinajstić information content (AvgIpc) is 2.42. The molecular weight excluding hydrogens is 286 g/mol. The molecule has 0 aliphatic rings. The highest BCUT2D eigenvalue weighted by atomic mass is 19.1. The summed E-state index contributed by atoms with van der Waals surface area (Å²) in [6.07, 6.45) is 0.585. The van der Waals surface area contributed by atoms with E-state index in [4.69, 9.17) is 4.74 Å². The molecular formula is C13H18F2N2O4. The molecule has 0 bridgehead atoms. The Balaban J connectivity index is 2.38. The van der Waals surface area contributed by atoms with Gasteiger partial charge < -0.3 is 24.8 Å². The van der Waals surface area contributed by atoms with Crippen LogP contribution in [0.15, 0.2) is 12.1 Å². The quantitative estimate of drug-likeness (QED) is 0.570. The van der Waals surface area contributed by atoms with Crippen LogP contribution in [-0.2, 0) is 9.47 Å². The first kappa shape index (κ1) is 17.1. The Kier molecular flexibility index (Phi) is 7.41. The van der Waals surface area contributed by atoms with Crippen LogP contribution in [0.2, 0.25) is 0 Å². The molecule has 118 valence electrons. The third-order valence-electron chi connectivity index (χ3n) is 2.41. The van der Waals surface area contributed by atoms with Gasteiger partial charge in [-0.05, 0) is 6.42 Å². The molecule has 0 aromatic heterocycles. The summed E-state index contributed by atoms with van der Waals surface area (Å²) in [6.45, 7) is 0.979. The van der Waals surface area contributed by atoms with Crippen LogP contribution in [0, 0.1) is 11.6 Å². The van der Waals surface area contributed by atoms with Gasteiger partial charge in [-0.3, -0.25) is 0 Å². The van der Waals surface area contributed by atoms with E-state index in [1.165, 1.54) is 7.11 Å². The Morgan fingerprint density at radius 2 is 1.90 bits per heavy atom. The zero-order valence-electron chi connectivity index (χ0n) is 11.9. The van der Waals surface area contributed by atoms with Gasteiger partial charge in [-0.2, -0.15) is 0 Å². The molecule has 8 heteroatoms. The van der Waals surface area contributed by atoms with Crippen LogP contribution >= 0.6 is 0 Å². The fraction of sp³-hybridized carbons (Fsp3) is 0.462. The first-order valence-corrected chi connectivity index (χ1v) is 6.23. The largest absolute Gasteiger partial charge is 0.491 e. The van der Waals surface area contributed by atoms with E-state index in [1.807, 2.05) is 0 Å². The molecule has 0 aliphatic heterocycles. The molecule has 0 saturated heterocycles. The van der Waals surface area contributed by atoms with Gasteiger partial charge in [0.25, 0.3) is 0 Å². The normalized spacial score (nSPS) is 10.3. The predicted octanol–water partition coefficient (Wildman–Crippen LogP) is 2.11. The number of rotatable bonds is 8. The van der Waals surface area contributed by atoms with Gasteiger partial charge in [-0.1, -0.05) is 0 Å². The first-order valence-electron chi connectivity index (χ1n) is 6.23.